The van der Waals surface area contributed by atoms with E-state index in [0.717, 1.165) is 10.1 Å². The maximum absolute atomic E-state index is 12.1. The van der Waals surface area contributed by atoms with E-state index >= 15 is 0 Å². The van der Waals surface area contributed by atoms with E-state index in [1.165, 1.54) is 11.3 Å². The molecule has 33 heavy (non-hydrogen) atoms. The van der Waals surface area contributed by atoms with Crippen LogP contribution in [0.25, 0.3) is 21.7 Å². The van der Waals surface area contributed by atoms with Crippen LogP contribution in [-0.4, -0.2) is 37.4 Å². The first-order chi connectivity index (χ1) is 16.0. The Kier molecular flexibility index (Phi) is 6.46. The lowest BCUT2D eigenvalue weighted by Crippen LogP contribution is -1.99. The molecule has 0 aliphatic heterocycles. The van der Waals surface area contributed by atoms with Gasteiger partial charge in [0.05, 0.1) is 31.8 Å². The van der Waals surface area contributed by atoms with Crippen LogP contribution in [0.2, 0.25) is 0 Å². The minimum Gasteiger partial charge on any atom is -0.493 e. The van der Waals surface area contributed by atoms with Gasteiger partial charge >= 0.3 is 5.97 Å². The fraction of sp³-hybridized carbons (Fsp3) is 0.120. The van der Waals surface area contributed by atoms with Crippen LogP contribution in [0.4, 0.5) is 0 Å². The normalized spacial score (nSPS) is 11.3. The Morgan fingerprint density at radius 3 is 2.18 bits per heavy atom. The number of para-hydroxylation sites is 2. The predicted octanol–water partition coefficient (Wildman–Crippen LogP) is 5.74. The van der Waals surface area contributed by atoms with Gasteiger partial charge in [-0.25, -0.2) is 4.79 Å². The lowest BCUT2D eigenvalue weighted by atomic mass is 10.1. The fourth-order valence-electron chi connectivity index (χ4n) is 3.36. The Labute approximate surface area is 194 Å². The average Bonchev–Trinajstić information content (AvgIpc) is 3.18. The van der Waals surface area contributed by atoms with Gasteiger partial charge in [-0.1, -0.05) is 12.1 Å². The highest BCUT2D eigenvalue weighted by Crippen LogP contribution is 2.47. The summed E-state index contributed by atoms with van der Waals surface area (Å²) in [5, 5.41) is 10.7. The Balaban J connectivity index is 1.96. The van der Waals surface area contributed by atoms with Crippen molar-refractivity contribution in [1.82, 2.24) is 4.98 Å². The number of aliphatic carboxylic acids is 1. The Morgan fingerprint density at radius 1 is 0.909 bits per heavy atom. The summed E-state index contributed by atoms with van der Waals surface area (Å²) in [4.78, 5) is 16.7. The number of rotatable bonds is 8. The third-order valence-corrected chi connectivity index (χ3v) is 6.03. The number of fused-ring (bicyclic) bond motifs is 1. The van der Waals surface area contributed by atoms with E-state index in [1.807, 2.05) is 24.3 Å². The largest absolute Gasteiger partial charge is 0.493 e. The summed E-state index contributed by atoms with van der Waals surface area (Å²) in [5.41, 5.74) is 0.654. The fourth-order valence-corrected chi connectivity index (χ4v) is 4.45. The van der Waals surface area contributed by atoms with Crippen LogP contribution in [0.1, 0.15) is 10.4 Å². The van der Waals surface area contributed by atoms with E-state index in [1.54, 1.807) is 64.1 Å². The van der Waals surface area contributed by atoms with Crippen LogP contribution in [0, 0.1) is 0 Å². The summed E-state index contributed by atoms with van der Waals surface area (Å²) < 4.78 is 23.5. The molecule has 0 radical (unpaired) electrons. The van der Waals surface area contributed by atoms with E-state index in [9.17, 15) is 9.90 Å². The number of pyridine rings is 1. The zero-order chi connectivity index (χ0) is 23.4. The lowest BCUT2D eigenvalue weighted by Gasteiger charge is -2.12. The quantitative estimate of drug-likeness (QED) is 0.333. The summed E-state index contributed by atoms with van der Waals surface area (Å²) >= 11 is 1.39. The number of carboxylic acids is 1. The molecule has 2 heterocycles. The molecule has 0 bridgehead atoms. The molecule has 0 fully saturated rings. The summed E-state index contributed by atoms with van der Waals surface area (Å²) in [6, 6.07) is 14.2. The van der Waals surface area contributed by atoms with Gasteiger partial charge in [-0.2, -0.15) is 0 Å². The standard InChI is InChI=1S/C25H21NO6S/c1-29-18-6-4-5-7-19(18)32-24-17-12-20(30-2)21(31-3)14-22(17)33-23(24)13-16(25(27)28)15-8-10-26-11-9-15/h4-14H,1-3H3,(H,27,28)/b16-13+. The van der Waals surface area contributed by atoms with Crippen LogP contribution in [0.3, 0.4) is 0 Å². The van der Waals surface area contributed by atoms with Crippen LogP contribution < -0.4 is 18.9 Å². The number of thiophene rings is 1. The van der Waals surface area contributed by atoms with Crippen molar-refractivity contribution in [2.24, 2.45) is 0 Å². The SMILES string of the molecule is COc1cc2sc(/C=C(/C(=O)O)c3ccncc3)c(Oc3ccccc3OC)c2cc1OC. The number of aromatic nitrogens is 1. The number of carboxylic acid groups (broad SMARTS) is 1. The van der Waals surface area contributed by atoms with E-state index in [0.29, 0.717) is 39.2 Å². The molecule has 0 spiro atoms. The van der Waals surface area contributed by atoms with Crippen LogP contribution in [0.5, 0.6) is 28.7 Å². The van der Waals surface area contributed by atoms with Gasteiger partial charge in [-0.3, -0.25) is 4.98 Å². The molecule has 2 aromatic heterocycles. The molecule has 4 rings (SSSR count). The second kappa shape index (κ2) is 9.62. The molecular weight excluding hydrogens is 442 g/mol. The highest BCUT2D eigenvalue weighted by atomic mass is 32.1. The van der Waals surface area contributed by atoms with E-state index in [2.05, 4.69) is 4.98 Å². The molecule has 168 valence electrons. The van der Waals surface area contributed by atoms with Crippen LogP contribution in [-0.2, 0) is 4.79 Å². The van der Waals surface area contributed by atoms with E-state index in [4.69, 9.17) is 18.9 Å². The highest BCUT2D eigenvalue weighted by Gasteiger charge is 2.20. The molecular formula is C25H21NO6S. The minimum atomic E-state index is -1.06. The van der Waals surface area contributed by atoms with Crippen LogP contribution >= 0.6 is 11.3 Å². The van der Waals surface area contributed by atoms with E-state index < -0.39 is 5.97 Å². The van der Waals surface area contributed by atoms with Crippen molar-refractivity contribution in [3.8, 4) is 28.7 Å². The zero-order valence-corrected chi connectivity index (χ0v) is 19.0. The van der Waals surface area contributed by atoms with Crippen LogP contribution in [0.15, 0.2) is 60.9 Å². The van der Waals surface area contributed by atoms with Gasteiger partial charge in [-0.05, 0) is 42.0 Å². The first-order valence-electron chi connectivity index (χ1n) is 9.90. The molecule has 0 aliphatic rings. The van der Waals surface area contributed by atoms with Crippen molar-refractivity contribution in [2.75, 3.05) is 21.3 Å². The number of nitrogens with zero attached hydrogens (tertiary/aromatic N) is 1. The molecule has 2 aromatic carbocycles. The molecule has 4 aromatic rings. The first kappa shape index (κ1) is 22.2. The van der Waals surface area contributed by atoms with Gasteiger partial charge in [0.25, 0.3) is 0 Å². The van der Waals surface area contributed by atoms with Crippen molar-refractivity contribution < 1.29 is 28.8 Å². The van der Waals surface area contributed by atoms with Crippen molar-refractivity contribution in [3.63, 3.8) is 0 Å². The maximum atomic E-state index is 12.1. The van der Waals surface area contributed by atoms with Crippen molar-refractivity contribution in [3.05, 3.63) is 71.4 Å². The molecule has 0 amide bonds. The number of ether oxygens (including phenoxy) is 4. The molecule has 0 saturated heterocycles. The maximum Gasteiger partial charge on any atom is 0.336 e. The molecule has 1 N–H and O–H groups in total. The lowest BCUT2D eigenvalue weighted by molar-refractivity contribution is -0.130. The predicted molar refractivity (Wildman–Crippen MR) is 128 cm³/mol. The second-order valence-electron chi connectivity index (χ2n) is 6.85. The number of hydrogen-bond acceptors (Lipinski definition) is 7. The average molecular weight is 464 g/mol. The van der Waals surface area contributed by atoms with Gasteiger partial charge < -0.3 is 24.1 Å². The molecule has 0 aliphatic carbocycles. The third-order valence-electron chi connectivity index (χ3n) is 4.95. The van der Waals surface area contributed by atoms with Crippen molar-refractivity contribution in [2.45, 2.75) is 0 Å². The van der Waals surface area contributed by atoms with Gasteiger partial charge in [0.2, 0.25) is 0 Å². The van der Waals surface area contributed by atoms with Gasteiger partial charge in [0.15, 0.2) is 28.7 Å². The van der Waals surface area contributed by atoms with Gasteiger partial charge in [0.1, 0.15) is 0 Å². The summed E-state index contributed by atoms with van der Waals surface area (Å²) in [5.74, 6) is 1.60. The first-order valence-corrected chi connectivity index (χ1v) is 10.7. The summed E-state index contributed by atoms with van der Waals surface area (Å²) in [6.07, 6.45) is 4.71. The smallest absolute Gasteiger partial charge is 0.336 e. The molecule has 8 heteroatoms. The Morgan fingerprint density at radius 2 is 1.55 bits per heavy atom. The Hall–Kier alpha value is -4.04. The van der Waals surface area contributed by atoms with Gasteiger partial charge in [0, 0.05) is 28.5 Å². The third kappa shape index (κ3) is 4.47. The highest BCUT2D eigenvalue weighted by molar-refractivity contribution is 7.20. The topological polar surface area (TPSA) is 87.1 Å². The minimum absolute atomic E-state index is 0.118. The van der Waals surface area contributed by atoms with Gasteiger partial charge in [-0.15, -0.1) is 11.3 Å². The number of methoxy groups -OCH3 is 3. The summed E-state index contributed by atoms with van der Waals surface area (Å²) in [6.45, 7) is 0. The molecule has 0 saturated carbocycles. The van der Waals surface area contributed by atoms with E-state index in [-0.39, 0.29) is 5.57 Å². The number of hydrogen-bond donors (Lipinski definition) is 1. The second-order valence-corrected chi connectivity index (χ2v) is 7.93. The zero-order valence-electron chi connectivity index (χ0n) is 18.2. The van der Waals surface area contributed by atoms with Crippen molar-refractivity contribution in [1.29, 1.82) is 0 Å². The van der Waals surface area contributed by atoms with Crippen molar-refractivity contribution >= 4 is 39.0 Å². The number of carbonyl (C=O) groups is 1. The molecule has 0 unspecified atom stereocenters. The molecule has 7 nitrogen and oxygen atoms in total. The Bertz CT molecular complexity index is 1330. The number of benzene rings is 2. The monoisotopic (exact) mass is 463 g/mol. The summed E-state index contributed by atoms with van der Waals surface area (Å²) in [7, 11) is 4.69. The molecule has 0 atom stereocenters.